The minimum atomic E-state index is -1.09. The average molecular weight is 308 g/mol. The summed E-state index contributed by atoms with van der Waals surface area (Å²) in [6.07, 6.45) is 2.73. The summed E-state index contributed by atoms with van der Waals surface area (Å²) in [5.74, 6) is -1.80. The highest BCUT2D eigenvalue weighted by Gasteiger charge is 2.14. The van der Waals surface area contributed by atoms with E-state index in [9.17, 15) is 14.4 Å². The summed E-state index contributed by atoms with van der Waals surface area (Å²) in [6, 6.07) is 3.04. The lowest BCUT2D eigenvalue weighted by molar-refractivity contribution is -0.116. The quantitative estimate of drug-likeness (QED) is 0.754. The molecule has 8 heteroatoms. The number of aromatic carboxylic acids is 1. The van der Waals surface area contributed by atoms with Gasteiger partial charge in [-0.05, 0) is 17.5 Å². The zero-order valence-corrected chi connectivity index (χ0v) is 11.6. The molecule has 0 saturated carbocycles. The fraction of sp³-hybridized carbons (Fsp3) is 0.154. The summed E-state index contributed by atoms with van der Waals surface area (Å²) in [7, 11) is 0. The van der Waals surface area contributed by atoms with E-state index in [1.165, 1.54) is 24.7 Å². The number of amides is 2. The van der Waals surface area contributed by atoms with E-state index in [2.05, 4.69) is 10.6 Å². The van der Waals surface area contributed by atoms with Crippen molar-refractivity contribution in [3.05, 3.63) is 40.5 Å². The molecule has 7 nitrogen and oxygen atoms in total. The Balaban J connectivity index is 1.79. The Labute approximate surface area is 123 Å². The number of carbonyl (C=O) groups is 3. The van der Waals surface area contributed by atoms with E-state index in [4.69, 9.17) is 9.52 Å². The van der Waals surface area contributed by atoms with Gasteiger partial charge in [0.25, 0.3) is 5.91 Å². The number of carboxylic acid groups (broad SMARTS) is 1. The largest absolute Gasteiger partial charge is 0.477 e. The topological polar surface area (TPSA) is 109 Å². The Bertz CT molecular complexity index is 647. The number of thiophene rings is 1. The van der Waals surface area contributed by atoms with Crippen molar-refractivity contribution in [2.75, 3.05) is 11.9 Å². The molecule has 0 fully saturated rings. The Morgan fingerprint density at radius 2 is 2.10 bits per heavy atom. The van der Waals surface area contributed by atoms with Gasteiger partial charge in [-0.25, -0.2) is 4.79 Å². The van der Waals surface area contributed by atoms with Crippen molar-refractivity contribution >= 4 is 34.8 Å². The van der Waals surface area contributed by atoms with Crippen LogP contribution in [-0.2, 0) is 4.79 Å². The molecule has 0 aliphatic carbocycles. The molecule has 0 aliphatic rings. The molecule has 2 rings (SSSR count). The molecule has 0 aliphatic heterocycles. The number of hydrogen-bond acceptors (Lipinski definition) is 5. The van der Waals surface area contributed by atoms with Crippen LogP contribution in [0.3, 0.4) is 0 Å². The molecule has 0 spiro atoms. The molecule has 0 atom stereocenters. The first-order valence-corrected chi connectivity index (χ1v) is 6.87. The van der Waals surface area contributed by atoms with Gasteiger partial charge in [0.15, 0.2) is 0 Å². The highest BCUT2D eigenvalue weighted by atomic mass is 32.1. The van der Waals surface area contributed by atoms with E-state index in [-0.39, 0.29) is 35.3 Å². The SMILES string of the molecule is O=C(CCNC(=O)c1ccoc1)Nc1ccsc1C(=O)O. The van der Waals surface area contributed by atoms with Crippen molar-refractivity contribution in [3.63, 3.8) is 0 Å². The number of hydrogen-bond donors (Lipinski definition) is 3. The highest BCUT2D eigenvalue weighted by molar-refractivity contribution is 7.12. The second-order valence-electron chi connectivity index (χ2n) is 4.03. The van der Waals surface area contributed by atoms with E-state index >= 15 is 0 Å². The van der Waals surface area contributed by atoms with Crippen LogP contribution in [0.1, 0.15) is 26.5 Å². The molecule has 2 heterocycles. The summed E-state index contributed by atoms with van der Waals surface area (Å²) in [4.78, 5) is 34.2. The molecule has 3 N–H and O–H groups in total. The fourth-order valence-corrected chi connectivity index (χ4v) is 2.26. The summed E-state index contributed by atoms with van der Waals surface area (Å²) in [5.41, 5.74) is 0.639. The molecule has 0 unspecified atom stereocenters. The third-order valence-corrected chi connectivity index (χ3v) is 3.46. The molecule has 2 aromatic heterocycles. The molecule has 2 amide bonds. The van der Waals surface area contributed by atoms with Crippen molar-refractivity contribution < 1.29 is 23.9 Å². The Hall–Kier alpha value is -2.61. The van der Waals surface area contributed by atoms with Gasteiger partial charge in [-0.2, -0.15) is 0 Å². The first kappa shape index (κ1) is 14.8. The predicted molar refractivity (Wildman–Crippen MR) is 75.6 cm³/mol. The number of rotatable bonds is 6. The minimum Gasteiger partial charge on any atom is -0.477 e. The van der Waals surface area contributed by atoms with Crippen LogP contribution in [0, 0.1) is 0 Å². The van der Waals surface area contributed by atoms with Crippen LogP contribution >= 0.6 is 11.3 Å². The van der Waals surface area contributed by atoms with Crippen molar-refractivity contribution in [3.8, 4) is 0 Å². The van der Waals surface area contributed by atoms with Gasteiger partial charge in [-0.15, -0.1) is 11.3 Å². The molecule has 0 radical (unpaired) electrons. The van der Waals surface area contributed by atoms with Crippen molar-refractivity contribution in [2.24, 2.45) is 0 Å². The normalized spacial score (nSPS) is 10.1. The maximum atomic E-state index is 11.7. The molecule has 21 heavy (non-hydrogen) atoms. The summed E-state index contributed by atoms with van der Waals surface area (Å²) in [6.45, 7) is 0.141. The zero-order chi connectivity index (χ0) is 15.2. The van der Waals surface area contributed by atoms with E-state index in [0.29, 0.717) is 5.56 Å². The van der Waals surface area contributed by atoms with Gasteiger partial charge in [0.05, 0.1) is 17.5 Å². The lowest BCUT2D eigenvalue weighted by atomic mass is 10.3. The smallest absolute Gasteiger partial charge is 0.348 e. The first-order chi connectivity index (χ1) is 10.1. The van der Waals surface area contributed by atoms with Crippen molar-refractivity contribution in [1.82, 2.24) is 5.32 Å². The van der Waals surface area contributed by atoms with Crippen molar-refractivity contribution in [1.29, 1.82) is 0 Å². The second kappa shape index (κ2) is 6.71. The average Bonchev–Trinajstić information content (AvgIpc) is 3.09. The number of furan rings is 1. The molecule has 0 saturated heterocycles. The number of carbonyl (C=O) groups excluding carboxylic acids is 2. The van der Waals surface area contributed by atoms with Crippen LogP contribution in [-0.4, -0.2) is 29.4 Å². The molecule has 110 valence electrons. The Morgan fingerprint density at radius 1 is 1.29 bits per heavy atom. The van der Waals surface area contributed by atoms with Gasteiger partial charge >= 0.3 is 5.97 Å². The van der Waals surface area contributed by atoms with E-state index in [1.54, 1.807) is 5.38 Å². The Kier molecular flexibility index (Phi) is 4.72. The van der Waals surface area contributed by atoms with Gasteiger partial charge in [-0.3, -0.25) is 9.59 Å². The van der Waals surface area contributed by atoms with Gasteiger partial charge < -0.3 is 20.2 Å². The highest BCUT2D eigenvalue weighted by Crippen LogP contribution is 2.22. The summed E-state index contributed by atoms with van der Waals surface area (Å²) < 4.78 is 4.77. The van der Waals surface area contributed by atoms with Crippen LogP contribution in [0.5, 0.6) is 0 Å². The first-order valence-electron chi connectivity index (χ1n) is 5.99. The van der Waals surface area contributed by atoms with Gasteiger partial charge in [-0.1, -0.05) is 0 Å². The van der Waals surface area contributed by atoms with E-state index in [0.717, 1.165) is 11.3 Å². The maximum Gasteiger partial charge on any atom is 0.348 e. The Morgan fingerprint density at radius 3 is 2.76 bits per heavy atom. The lowest BCUT2D eigenvalue weighted by Gasteiger charge is -2.05. The molecule has 0 aromatic carbocycles. The molecule has 0 bridgehead atoms. The minimum absolute atomic E-state index is 0.0402. The van der Waals surface area contributed by atoms with E-state index < -0.39 is 5.97 Å². The predicted octanol–water partition coefficient (Wildman–Crippen LogP) is 1.80. The second-order valence-corrected chi connectivity index (χ2v) is 4.95. The number of anilines is 1. The standard InChI is InChI=1S/C13H12N2O5S/c16-10(15-9-3-6-21-11(9)13(18)19)1-4-14-12(17)8-2-5-20-7-8/h2-3,5-7H,1,4H2,(H,14,17)(H,15,16)(H,18,19). The number of carboxylic acids is 1. The van der Waals surface area contributed by atoms with Crippen LogP contribution < -0.4 is 10.6 Å². The monoisotopic (exact) mass is 308 g/mol. The van der Waals surface area contributed by atoms with Crippen LogP contribution in [0.15, 0.2) is 34.5 Å². The molecular weight excluding hydrogens is 296 g/mol. The van der Waals surface area contributed by atoms with E-state index in [1.807, 2.05) is 0 Å². The van der Waals surface area contributed by atoms with Gasteiger partial charge in [0.2, 0.25) is 5.91 Å². The molecular formula is C13H12N2O5S. The zero-order valence-electron chi connectivity index (χ0n) is 10.8. The summed E-state index contributed by atoms with van der Waals surface area (Å²) >= 11 is 1.03. The molecule has 2 aromatic rings. The van der Waals surface area contributed by atoms with Gasteiger partial charge in [0, 0.05) is 13.0 Å². The third kappa shape index (κ3) is 3.93. The summed E-state index contributed by atoms with van der Waals surface area (Å²) in [5, 5.41) is 15.6. The fourth-order valence-electron chi connectivity index (χ4n) is 1.57. The van der Waals surface area contributed by atoms with Gasteiger partial charge in [0.1, 0.15) is 11.1 Å². The maximum absolute atomic E-state index is 11.7. The lowest BCUT2D eigenvalue weighted by Crippen LogP contribution is -2.27. The van der Waals surface area contributed by atoms with Crippen LogP contribution in [0.25, 0.3) is 0 Å². The van der Waals surface area contributed by atoms with Crippen molar-refractivity contribution in [2.45, 2.75) is 6.42 Å². The van der Waals surface area contributed by atoms with Crippen LogP contribution in [0.2, 0.25) is 0 Å². The third-order valence-electron chi connectivity index (χ3n) is 2.55. The van der Waals surface area contributed by atoms with Crippen LogP contribution in [0.4, 0.5) is 5.69 Å². The number of nitrogens with one attached hydrogen (secondary N) is 2.